The molecule has 0 saturated carbocycles. The molecule has 3 heterocycles. The summed E-state index contributed by atoms with van der Waals surface area (Å²) in [5.74, 6) is -0.420. The molecule has 1 saturated heterocycles. The molecule has 152 valence electrons. The second kappa shape index (κ2) is 8.38. The van der Waals surface area contributed by atoms with E-state index in [2.05, 4.69) is 20.6 Å². The molecule has 10 nitrogen and oxygen atoms in total. The maximum absolute atomic E-state index is 12.7. The number of likely N-dealkylation sites (tertiary alicyclic amines) is 1. The molecule has 28 heavy (non-hydrogen) atoms. The average molecular weight is 431 g/mol. The average Bonchev–Trinajstić information content (AvgIpc) is 3.22. The Hall–Kier alpha value is -2.30. The van der Waals surface area contributed by atoms with Crippen LogP contribution in [0.5, 0.6) is 0 Å². The Morgan fingerprint density at radius 1 is 1.43 bits per heavy atom. The van der Waals surface area contributed by atoms with Gasteiger partial charge in [-0.15, -0.1) is 5.10 Å². The number of hydrogen-bond acceptors (Lipinski definition) is 5. The molecule has 0 spiro atoms. The molecule has 1 aliphatic rings. The number of H-pyrrole nitrogens is 1. The van der Waals surface area contributed by atoms with E-state index in [4.69, 9.17) is 27.9 Å². The molecule has 0 bridgehead atoms. The first kappa shape index (κ1) is 20.4. The summed E-state index contributed by atoms with van der Waals surface area (Å²) < 4.78 is 6.60. The van der Waals surface area contributed by atoms with Crippen molar-refractivity contribution in [3.8, 4) is 0 Å². The number of hydrogen-bond donors (Lipinski definition) is 3. The molecule has 2 aromatic rings. The number of methoxy groups -OCH3 is 1. The Bertz CT molecular complexity index is 883. The fraction of sp³-hybridized carbons (Fsp3) is 0.500. The molecule has 1 fully saturated rings. The van der Waals surface area contributed by atoms with Crippen LogP contribution in [0.4, 0.5) is 4.79 Å². The van der Waals surface area contributed by atoms with Gasteiger partial charge in [-0.25, -0.2) is 9.48 Å². The molecule has 0 radical (unpaired) electrons. The molecule has 1 aliphatic heterocycles. The summed E-state index contributed by atoms with van der Waals surface area (Å²) in [6, 6.07) is -0.809. The number of ether oxygens (including phenoxy) is 1. The van der Waals surface area contributed by atoms with Crippen LogP contribution in [0.25, 0.3) is 0 Å². The number of piperidine rings is 1. The van der Waals surface area contributed by atoms with Crippen LogP contribution in [0.15, 0.2) is 6.20 Å². The van der Waals surface area contributed by atoms with Crippen molar-refractivity contribution in [2.75, 3.05) is 20.2 Å². The number of nitrogens with one attached hydrogen (secondary N) is 2. The lowest BCUT2D eigenvalue weighted by atomic mass is 9.99. The highest BCUT2D eigenvalue weighted by Gasteiger charge is 2.35. The first-order valence-electron chi connectivity index (χ1n) is 8.53. The van der Waals surface area contributed by atoms with Gasteiger partial charge < -0.3 is 25.0 Å². The van der Waals surface area contributed by atoms with Crippen LogP contribution in [0, 0.1) is 6.92 Å². The molecular weight excluding hydrogens is 411 g/mol. The van der Waals surface area contributed by atoms with Gasteiger partial charge in [0, 0.05) is 25.9 Å². The van der Waals surface area contributed by atoms with Gasteiger partial charge in [0.2, 0.25) is 0 Å². The molecule has 0 aliphatic carbocycles. The summed E-state index contributed by atoms with van der Waals surface area (Å²) in [7, 11) is 1.54. The normalized spacial score (nSPS) is 19.6. The largest absolute Gasteiger partial charge is 0.465 e. The second-order valence-electron chi connectivity index (χ2n) is 6.54. The van der Waals surface area contributed by atoms with Crippen molar-refractivity contribution in [3.05, 3.63) is 33.3 Å². The van der Waals surface area contributed by atoms with Gasteiger partial charge in [-0.05, 0) is 13.3 Å². The molecule has 2 amide bonds. The zero-order chi connectivity index (χ0) is 20.4. The Morgan fingerprint density at radius 2 is 2.18 bits per heavy atom. The van der Waals surface area contributed by atoms with Gasteiger partial charge in [0.1, 0.15) is 11.4 Å². The van der Waals surface area contributed by atoms with Crippen molar-refractivity contribution in [1.29, 1.82) is 0 Å². The maximum atomic E-state index is 12.7. The first-order valence-corrected chi connectivity index (χ1v) is 9.29. The highest BCUT2D eigenvalue weighted by Crippen LogP contribution is 2.30. The lowest BCUT2D eigenvalue weighted by molar-refractivity contribution is 0.0828. The third-order valence-electron chi connectivity index (χ3n) is 4.64. The first-order chi connectivity index (χ1) is 13.3. The van der Waals surface area contributed by atoms with Crippen LogP contribution in [-0.4, -0.2) is 68.2 Å². The van der Waals surface area contributed by atoms with Gasteiger partial charge in [0.25, 0.3) is 5.91 Å². The number of aromatic nitrogens is 4. The number of aromatic amines is 1. The zero-order valence-electron chi connectivity index (χ0n) is 15.3. The van der Waals surface area contributed by atoms with E-state index in [1.54, 1.807) is 24.9 Å². The Kier molecular flexibility index (Phi) is 6.11. The van der Waals surface area contributed by atoms with Crippen LogP contribution in [0.1, 0.15) is 34.3 Å². The molecule has 3 N–H and O–H groups in total. The van der Waals surface area contributed by atoms with Crippen molar-refractivity contribution in [3.63, 3.8) is 0 Å². The van der Waals surface area contributed by atoms with Crippen molar-refractivity contribution < 1.29 is 19.4 Å². The minimum Gasteiger partial charge on any atom is -0.465 e. The van der Waals surface area contributed by atoms with Gasteiger partial charge in [-0.1, -0.05) is 28.4 Å². The number of rotatable bonds is 5. The van der Waals surface area contributed by atoms with Crippen LogP contribution in [0.2, 0.25) is 10.0 Å². The number of carbonyl (C=O) groups is 2. The third kappa shape index (κ3) is 4.08. The summed E-state index contributed by atoms with van der Waals surface area (Å²) in [5.41, 5.74) is 1.37. The molecule has 0 unspecified atom stereocenters. The summed E-state index contributed by atoms with van der Waals surface area (Å²) in [4.78, 5) is 28.3. The number of carbonyl (C=O) groups excluding carboxylic acids is 1. The third-order valence-corrected chi connectivity index (χ3v) is 5.59. The second-order valence-corrected chi connectivity index (χ2v) is 7.30. The Labute approximate surface area is 170 Å². The summed E-state index contributed by atoms with van der Waals surface area (Å²) in [6.45, 7) is 2.44. The Balaban J connectivity index is 1.82. The number of nitrogens with zero attached hydrogens (tertiary/aromatic N) is 4. The number of aryl methyl sites for hydroxylation is 1. The lowest BCUT2D eigenvalue weighted by Gasteiger charge is -2.37. The van der Waals surface area contributed by atoms with Gasteiger partial charge in [0.05, 0.1) is 34.9 Å². The number of carboxylic acid groups (broad SMARTS) is 1. The Morgan fingerprint density at radius 3 is 2.79 bits per heavy atom. The molecular formula is C16H20Cl2N6O4. The van der Waals surface area contributed by atoms with Crippen LogP contribution in [-0.2, 0) is 11.3 Å². The summed E-state index contributed by atoms with van der Waals surface area (Å²) >= 11 is 12.2. The SMILES string of the molecule is COCc1cn([C@H]2CN(C(=O)O)CC[C@H]2NC(=O)c2[nH]c(C)c(Cl)c2Cl)nn1. The van der Waals surface area contributed by atoms with E-state index in [1.807, 2.05) is 0 Å². The monoisotopic (exact) mass is 430 g/mol. The van der Waals surface area contributed by atoms with E-state index < -0.39 is 18.0 Å². The molecule has 2 atom stereocenters. The van der Waals surface area contributed by atoms with Crippen LogP contribution < -0.4 is 5.32 Å². The van der Waals surface area contributed by atoms with E-state index in [-0.39, 0.29) is 36.5 Å². The van der Waals surface area contributed by atoms with Crippen molar-refractivity contribution in [2.24, 2.45) is 0 Å². The van der Waals surface area contributed by atoms with E-state index in [1.165, 1.54) is 4.90 Å². The van der Waals surface area contributed by atoms with Crippen molar-refractivity contribution in [2.45, 2.75) is 32.0 Å². The lowest BCUT2D eigenvalue weighted by Crippen LogP contribution is -2.53. The highest BCUT2D eigenvalue weighted by atomic mass is 35.5. The zero-order valence-corrected chi connectivity index (χ0v) is 16.8. The van der Waals surface area contributed by atoms with Gasteiger partial charge in [-0.3, -0.25) is 4.79 Å². The minimum atomic E-state index is -1.03. The summed E-state index contributed by atoms with van der Waals surface area (Å²) in [5, 5.41) is 20.8. The van der Waals surface area contributed by atoms with E-state index in [9.17, 15) is 14.7 Å². The quantitative estimate of drug-likeness (QED) is 0.666. The molecule has 3 rings (SSSR count). The van der Waals surface area contributed by atoms with Crippen molar-refractivity contribution in [1.82, 2.24) is 30.2 Å². The maximum Gasteiger partial charge on any atom is 0.407 e. The summed E-state index contributed by atoms with van der Waals surface area (Å²) in [6.07, 6.45) is 1.07. The standard InChI is InChI=1S/C16H20Cl2N6O4/c1-8-12(17)13(18)14(19-8)15(25)20-10-3-4-23(16(26)27)6-11(10)24-5-9(7-28-2)21-22-24/h5,10-11,19H,3-4,6-7H2,1-2H3,(H,20,25)(H,26,27)/t10-,11+/m1/s1. The fourth-order valence-electron chi connectivity index (χ4n) is 3.20. The fourth-order valence-corrected chi connectivity index (χ4v) is 3.62. The van der Waals surface area contributed by atoms with E-state index >= 15 is 0 Å². The molecule has 0 aromatic carbocycles. The topological polar surface area (TPSA) is 125 Å². The smallest absolute Gasteiger partial charge is 0.407 e. The van der Waals surface area contributed by atoms with Crippen LogP contribution >= 0.6 is 23.2 Å². The predicted molar refractivity (Wildman–Crippen MR) is 101 cm³/mol. The predicted octanol–water partition coefficient (Wildman–Crippen LogP) is 2.09. The van der Waals surface area contributed by atoms with Gasteiger partial charge in [0.15, 0.2) is 0 Å². The highest BCUT2D eigenvalue weighted by molar-refractivity contribution is 6.44. The van der Waals surface area contributed by atoms with Crippen molar-refractivity contribution >= 4 is 35.2 Å². The van der Waals surface area contributed by atoms with Crippen LogP contribution in [0.3, 0.4) is 0 Å². The molecule has 2 aromatic heterocycles. The number of halogens is 2. The molecule has 12 heteroatoms. The van der Waals surface area contributed by atoms with E-state index in [0.717, 1.165) is 0 Å². The van der Waals surface area contributed by atoms with Gasteiger partial charge >= 0.3 is 6.09 Å². The minimum absolute atomic E-state index is 0.152. The van der Waals surface area contributed by atoms with Gasteiger partial charge in [-0.2, -0.15) is 0 Å². The number of amides is 2. The van der Waals surface area contributed by atoms with E-state index in [0.29, 0.717) is 22.8 Å².